The quantitative estimate of drug-likeness (QED) is 0.740. The van der Waals surface area contributed by atoms with Crippen molar-refractivity contribution in [3.63, 3.8) is 0 Å². The number of methoxy groups -OCH3 is 1. The van der Waals surface area contributed by atoms with E-state index in [0.717, 1.165) is 6.42 Å². The molecule has 3 heteroatoms. The third-order valence-corrected chi connectivity index (χ3v) is 3.60. The molecule has 0 aliphatic carbocycles. The molecule has 0 N–H and O–H groups in total. The van der Waals surface area contributed by atoms with Gasteiger partial charge in [-0.3, -0.25) is 0 Å². The first-order chi connectivity index (χ1) is 7.88. The lowest BCUT2D eigenvalue weighted by Gasteiger charge is -2.30. The van der Waals surface area contributed by atoms with E-state index in [0.29, 0.717) is 17.9 Å². The van der Waals surface area contributed by atoms with Crippen molar-refractivity contribution in [1.82, 2.24) is 4.90 Å². The summed E-state index contributed by atoms with van der Waals surface area (Å²) in [4.78, 5) is 2.25. The summed E-state index contributed by atoms with van der Waals surface area (Å²) < 4.78 is 12.0. The van der Waals surface area contributed by atoms with Crippen LogP contribution in [0.4, 0.5) is 0 Å². The monoisotopic (exact) mass is 243 g/mol. The highest BCUT2D eigenvalue weighted by Gasteiger charge is 2.46. The molecular weight excluding hydrogens is 214 g/mol. The molecule has 0 amide bonds. The van der Waals surface area contributed by atoms with Crippen molar-refractivity contribution >= 4 is 0 Å². The number of hydrogen-bond acceptors (Lipinski definition) is 3. The zero-order valence-electron chi connectivity index (χ0n) is 12.4. The fourth-order valence-electron chi connectivity index (χ4n) is 2.85. The molecule has 0 bridgehead atoms. The van der Waals surface area contributed by atoms with Crippen LogP contribution in [0, 0.1) is 11.8 Å². The third kappa shape index (κ3) is 3.43. The Kier molecular flexibility index (Phi) is 5.42. The summed E-state index contributed by atoms with van der Waals surface area (Å²) in [5.74, 6) is 1.17. The molecule has 0 aromatic rings. The van der Waals surface area contributed by atoms with Gasteiger partial charge in [0.05, 0.1) is 18.2 Å². The molecule has 0 aromatic heterocycles. The van der Waals surface area contributed by atoms with Crippen molar-refractivity contribution < 1.29 is 9.47 Å². The fourth-order valence-corrected chi connectivity index (χ4v) is 2.85. The summed E-state index contributed by atoms with van der Waals surface area (Å²) in [7, 11) is 6.04. The van der Waals surface area contributed by atoms with Crippen LogP contribution in [-0.4, -0.2) is 50.5 Å². The van der Waals surface area contributed by atoms with Crippen LogP contribution < -0.4 is 0 Å². The second-order valence-corrected chi connectivity index (χ2v) is 6.17. The minimum Gasteiger partial charge on any atom is -0.377 e. The van der Waals surface area contributed by atoms with Gasteiger partial charge < -0.3 is 14.4 Å². The van der Waals surface area contributed by atoms with Gasteiger partial charge in [0.2, 0.25) is 0 Å². The minimum atomic E-state index is 0.194. The zero-order valence-corrected chi connectivity index (χ0v) is 12.4. The maximum Gasteiger partial charge on any atom is 0.101 e. The van der Waals surface area contributed by atoms with Crippen molar-refractivity contribution in [2.75, 3.05) is 21.2 Å². The first-order valence-electron chi connectivity index (χ1n) is 6.73. The molecule has 4 atom stereocenters. The molecule has 0 radical (unpaired) electrons. The number of likely N-dealkylation sites (N-methyl/N-ethyl adjacent to an activating group) is 1. The number of nitrogens with zero attached hydrogens (tertiary/aromatic N) is 1. The van der Waals surface area contributed by atoms with Crippen LogP contribution in [0.15, 0.2) is 0 Å². The first-order valence-corrected chi connectivity index (χ1v) is 6.73. The van der Waals surface area contributed by atoms with Gasteiger partial charge in [0.25, 0.3) is 0 Å². The Bertz CT molecular complexity index is 228. The average Bonchev–Trinajstić information content (AvgIpc) is 2.55. The average molecular weight is 243 g/mol. The molecule has 1 saturated heterocycles. The van der Waals surface area contributed by atoms with Gasteiger partial charge in [-0.05, 0) is 32.4 Å². The maximum absolute atomic E-state index is 6.24. The highest BCUT2D eigenvalue weighted by atomic mass is 16.6. The Labute approximate surface area is 106 Å². The topological polar surface area (TPSA) is 21.7 Å². The van der Waals surface area contributed by atoms with E-state index in [1.165, 1.54) is 0 Å². The summed E-state index contributed by atoms with van der Waals surface area (Å²) in [6.07, 6.45) is 1.78. The van der Waals surface area contributed by atoms with Crippen molar-refractivity contribution in [2.24, 2.45) is 11.8 Å². The Morgan fingerprint density at radius 3 is 2.12 bits per heavy atom. The van der Waals surface area contributed by atoms with Gasteiger partial charge in [-0.15, -0.1) is 0 Å². The standard InChI is InChI=1S/C14H29NO2/c1-9(2)8-11-14(16-7)12(15(5)6)13(17-11)10(3)4/h9-14H,8H2,1-7H3/t11-,12+,13+,14-/m1/s1. The molecule has 0 aromatic carbocycles. The lowest BCUT2D eigenvalue weighted by molar-refractivity contribution is -0.0264. The van der Waals surface area contributed by atoms with Crippen molar-refractivity contribution in [1.29, 1.82) is 0 Å². The summed E-state index contributed by atoms with van der Waals surface area (Å²) in [6, 6.07) is 0.365. The van der Waals surface area contributed by atoms with Gasteiger partial charge in [0.1, 0.15) is 6.10 Å². The third-order valence-electron chi connectivity index (χ3n) is 3.60. The van der Waals surface area contributed by atoms with Crippen LogP contribution in [0.5, 0.6) is 0 Å². The summed E-state index contributed by atoms with van der Waals surface area (Å²) in [5.41, 5.74) is 0. The van der Waals surface area contributed by atoms with Gasteiger partial charge in [0, 0.05) is 7.11 Å². The van der Waals surface area contributed by atoms with E-state index in [2.05, 4.69) is 46.7 Å². The first kappa shape index (κ1) is 14.9. The van der Waals surface area contributed by atoms with Gasteiger partial charge in [0.15, 0.2) is 0 Å². The summed E-state index contributed by atoms with van der Waals surface area (Å²) >= 11 is 0. The van der Waals surface area contributed by atoms with Crippen LogP contribution in [0.1, 0.15) is 34.1 Å². The molecule has 1 aliphatic rings. The van der Waals surface area contributed by atoms with E-state index < -0.39 is 0 Å². The molecule has 17 heavy (non-hydrogen) atoms. The van der Waals surface area contributed by atoms with Crippen molar-refractivity contribution in [3.8, 4) is 0 Å². The van der Waals surface area contributed by atoms with Gasteiger partial charge in [-0.1, -0.05) is 27.7 Å². The highest BCUT2D eigenvalue weighted by Crippen LogP contribution is 2.33. The molecular formula is C14H29NO2. The van der Waals surface area contributed by atoms with Crippen molar-refractivity contribution in [3.05, 3.63) is 0 Å². The largest absolute Gasteiger partial charge is 0.377 e. The Balaban J connectivity index is 2.83. The van der Waals surface area contributed by atoms with E-state index >= 15 is 0 Å². The lowest BCUT2D eigenvalue weighted by Crippen LogP contribution is -2.46. The van der Waals surface area contributed by atoms with Gasteiger partial charge >= 0.3 is 0 Å². The van der Waals surface area contributed by atoms with Crippen molar-refractivity contribution in [2.45, 2.75) is 58.5 Å². The zero-order chi connectivity index (χ0) is 13.2. The molecule has 1 aliphatic heterocycles. The van der Waals surface area contributed by atoms with Crippen LogP contribution in [-0.2, 0) is 9.47 Å². The molecule has 3 nitrogen and oxygen atoms in total. The summed E-state index contributed by atoms with van der Waals surface area (Å²) in [6.45, 7) is 8.93. The lowest BCUT2D eigenvalue weighted by atomic mass is 9.93. The van der Waals surface area contributed by atoms with Crippen LogP contribution in [0.2, 0.25) is 0 Å². The van der Waals surface area contributed by atoms with E-state index in [-0.39, 0.29) is 18.3 Å². The van der Waals surface area contributed by atoms with Crippen LogP contribution >= 0.6 is 0 Å². The van der Waals surface area contributed by atoms with Crippen LogP contribution in [0.25, 0.3) is 0 Å². The number of hydrogen-bond donors (Lipinski definition) is 0. The Morgan fingerprint density at radius 1 is 1.18 bits per heavy atom. The Morgan fingerprint density at radius 2 is 1.76 bits per heavy atom. The maximum atomic E-state index is 6.24. The molecule has 1 fully saturated rings. The van der Waals surface area contributed by atoms with Crippen LogP contribution in [0.3, 0.4) is 0 Å². The van der Waals surface area contributed by atoms with E-state index in [1.54, 1.807) is 7.11 Å². The second-order valence-electron chi connectivity index (χ2n) is 6.17. The van der Waals surface area contributed by atoms with E-state index in [4.69, 9.17) is 9.47 Å². The minimum absolute atomic E-state index is 0.194. The predicted molar refractivity (Wildman–Crippen MR) is 71.2 cm³/mol. The number of ether oxygens (including phenoxy) is 2. The molecule has 0 saturated carbocycles. The second kappa shape index (κ2) is 6.17. The fraction of sp³-hybridized carbons (Fsp3) is 1.00. The van der Waals surface area contributed by atoms with E-state index in [9.17, 15) is 0 Å². The smallest absolute Gasteiger partial charge is 0.101 e. The molecule has 0 spiro atoms. The number of rotatable bonds is 5. The molecule has 102 valence electrons. The Hall–Kier alpha value is -0.120. The SMILES string of the molecule is CO[C@H]1[C@@H](N(C)C)[C@H](C(C)C)O[C@@H]1CC(C)C. The van der Waals surface area contributed by atoms with E-state index in [1.807, 2.05) is 0 Å². The van der Waals surface area contributed by atoms with Gasteiger partial charge in [-0.25, -0.2) is 0 Å². The molecule has 1 heterocycles. The normalized spacial score (nSPS) is 34.2. The molecule has 0 unspecified atom stereocenters. The predicted octanol–water partition coefficient (Wildman–Crippen LogP) is 2.40. The summed E-state index contributed by atoms with van der Waals surface area (Å²) in [5, 5.41) is 0. The van der Waals surface area contributed by atoms with Gasteiger partial charge in [-0.2, -0.15) is 0 Å². The highest BCUT2D eigenvalue weighted by molar-refractivity contribution is 4.97. The molecule has 1 rings (SSSR count).